The minimum absolute atomic E-state index is 0.0272. The number of aromatic amines is 1. The molecule has 0 aliphatic heterocycles. The first-order valence-electron chi connectivity index (χ1n) is 8.10. The Labute approximate surface area is 140 Å². The normalized spacial score (nSPS) is 11.2. The van der Waals surface area contributed by atoms with Crippen LogP contribution in [-0.4, -0.2) is 22.0 Å². The summed E-state index contributed by atoms with van der Waals surface area (Å²) in [5, 5.41) is 5.32. The highest BCUT2D eigenvalue weighted by Crippen LogP contribution is 2.18. The lowest BCUT2D eigenvalue weighted by molar-refractivity contribution is 0.0954. The number of aromatic nitrogens is 2. The fourth-order valence-corrected chi connectivity index (χ4v) is 3.17. The Morgan fingerprint density at radius 3 is 2.96 bits per heavy atom. The van der Waals surface area contributed by atoms with E-state index < -0.39 is 0 Å². The van der Waals surface area contributed by atoms with E-state index in [0.29, 0.717) is 12.1 Å². The summed E-state index contributed by atoms with van der Waals surface area (Å²) in [6, 6.07) is 16.1. The minimum atomic E-state index is -0.0272. The minimum Gasteiger partial charge on any atom is -0.361 e. The lowest BCUT2D eigenvalue weighted by atomic mass is 10.1. The van der Waals surface area contributed by atoms with E-state index in [9.17, 15) is 4.79 Å². The van der Waals surface area contributed by atoms with Gasteiger partial charge in [0, 0.05) is 53.4 Å². The maximum Gasteiger partial charge on any atom is 0.251 e. The van der Waals surface area contributed by atoms with Gasteiger partial charge in [-0.1, -0.05) is 18.2 Å². The van der Waals surface area contributed by atoms with Crippen LogP contribution in [0.1, 0.15) is 15.9 Å². The van der Waals surface area contributed by atoms with E-state index in [1.54, 1.807) is 0 Å². The van der Waals surface area contributed by atoms with Crippen LogP contribution < -0.4 is 5.32 Å². The molecule has 2 heterocycles. The van der Waals surface area contributed by atoms with Gasteiger partial charge >= 0.3 is 0 Å². The van der Waals surface area contributed by atoms with Crippen LogP contribution in [0.15, 0.2) is 60.9 Å². The summed E-state index contributed by atoms with van der Waals surface area (Å²) in [6.07, 6.45) is 4.83. The van der Waals surface area contributed by atoms with E-state index in [1.807, 2.05) is 60.4 Å². The monoisotopic (exact) mass is 317 g/mol. The SMILES string of the molecule is Cn1ccc2cc(C(=O)NCCc3c[nH]c4ccccc34)ccc21. The number of aryl methyl sites for hydroxylation is 1. The predicted molar refractivity (Wildman–Crippen MR) is 97.3 cm³/mol. The maximum absolute atomic E-state index is 12.4. The average Bonchev–Trinajstić information content (AvgIpc) is 3.19. The van der Waals surface area contributed by atoms with Gasteiger partial charge in [0.15, 0.2) is 0 Å². The second-order valence-electron chi connectivity index (χ2n) is 6.07. The van der Waals surface area contributed by atoms with Crippen molar-refractivity contribution in [2.45, 2.75) is 6.42 Å². The number of para-hydroxylation sites is 1. The lowest BCUT2D eigenvalue weighted by Crippen LogP contribution is -2.25. The Morgan fingerprint density at radius 2 is 2.04 bits per heavy atom. The van der Waals surface area contributed by atoms with Gasteiger partial charge in [-0.3, -0.25) is 4.79 Å². The average molecular weight is 317 g/mol. The molecule has 2 aromatic carbocycles. The Morgan fingerprint density at radius 1 is 1.17 bits per heavy atom. The standard InChI is InChI=1S/C20H19N3O/c1-23-11-9-14-12-15(6-7-19(14)23)20(24)21-10-8-16-13-22-18-5-3-2-4-17(16)18/h2-7,9,11-13,22H,8,10H2,1H3,(H,21,24). The van der Waals surface area contributed by atoms with Crippen LogP contribution in [0.2, 0.25) is 0 Å². The predicted octanol–water partition coefficient (Wildman–Crippen LogP) is 3.63. The van der Waals surface area contributed by atoms with Crippen molar-refractivity contribution in [3.63, 3.8) is 0 Å². The van der Waals surface area contributed by atoms with Gasteiger partial charge in [-0.25, -0.2) is 0 Å². The molecule has 0 saturated carbocycles. The molecule has 4 nitrogen and oxygen atoms in total. The van der Waals surface area contributed by atoms with E-state index >= 15 is 0 Å². The quantitative estimate of drug-likeness (QED) is 0.593. The van der Waals surface area contributed by atoms with E-state index in [4.69, 9.17) is 0 Å². The third-order valence-corrected chi connectivity index (χ3v) is 4.50. The number of nitrogens with zero attached hydrogens (tertiary/aromatic N) is 1. The summed E-state index contributed by atoms with van der Waals surface area (Å²) >= 11 is 0. The molecular weight excluding hydrogens is 298 g/mol. The van der Waals surface area contributed by atoms with Crippen molar-refractivity contribution in [1.29, 1.82) is 0 Å². The Hall–Kier alpha value is -3.01. The van der Waals surface area contributed by atoms with Crippen LogP contribution in [-0.2, 0) is 13.5 Å². The van der Waals surface area contributed by atoms with E-state index in [2.05, 4.69) is 22.4 Å². The zero-order valence-corrected chi connectivity index (χ0v) is 13.5. The number of rotatable bonds is 4. The molecule has 0 spiro atoms. The van der Waals surface area contributed by atoms with Crippen molar-refractivity contribution in [3.05, 3.63) is 72.1 Å². The molecular formula is C20H19N3O. The van der Waals surface area contributed by atoms with Gasteiger partial charge in [-0.05, 0) is 42.3 Å². The molecule has 2 aromatic heterocycles. The van der Waals surface area contributed by atoms with Crippen LogP contribution in [0, 0.1) is 0 Å². The Balaban J connectivity index is 1.44. The summed E-state index contributed by atoms with van der Waals surface area (Å²) in [7, 11) is 2.00. The number of nitrogens with one attached hydrogen (secondary N) is 2. The fourth-order valence-electron chi connectivity index (χ4n) is 3.17. The second kappa shape index (κ2) is 5.89. The number of benzene rings is 2. The smallest absolute Gasteiger partial charge is 0.251 e. The van der Waals surface area contributed by atoms with Crippen molar-refractivity contribution >= 4 is 27.7 Å². The summed E-state index contributed by atoms with van der Waals surface area (Å²) < 4.78 is 2.05. The number of carbonyl (C=O) groups is 1. The number of fused-ring (bicyclic) bond motifs is 2. The Kier molecular flexibility index (Phi) is 3.58. The molecule has 0 unspecified atom stereocenters. The van der Waals surface area contributed by atoms with Crippen molar-refractivity contribution in [2.75, 3.05) is 6.54 Å². The van der Waals surface area contributed by atoms with Gasteiger partial charge in [-0.2, -0.15) is 0 Å². The first-order chi connectivity index (χ1) is 11.7. The van der Waals surface area contributed by atoms with Gasteiger partial charge in [0.2, 0.25) is 0 Å². The molecule has 0 atom stereocenters. The number of amides is 1. The zero-order chi connectivity index (χ0) is 16.5. The van der Waals surface area contributed by atoms with Crippen LogP contribution in [0.5, 0.6) is 0 Å². The van der Waals surface area contributed by atoms with Crippen molar-refractivity contribution in [3.8, 4) is 0 Å². The molecule has 4 aromatic rings. The first-order valence-corrected chi connectivity index (χ1v) is 8.10. The summed E-state index contributed by atoms with van der Waals surface area (Å²) in [6.45, 7) is 0.619. The highest BCUT2D eigenvalue weighted by molar-refractivity contribution is 5.98. The summed E-state index contributed by atoms with van der Waals surface area (Å²) in [4.78, 5) is 15.6. The molecule has 0 bridgehead atoms. The first kappa shape index (κ1) is 14.6. The van der Waals surface area contributed by atoms with Gasteiger partial charge in [0.05, 0.1) is 0 Å². The molecule has 0 saturated heterocycles. The topological polar surface area (TPSA) is 49.8 Å². The number of hydrogen-bond donors (Lipinski definition) is 2. The molecule has 4 rings (SSSR count). The summed E-state index contributed by atoms with van der Waals surface area (Å²) in [5.74, 6) is -0.0272. The van der Waals surface area contributed by atoms with E-state index in [1.165, 1.54) is 10.9 Å². The zero-order valence-electron chi connectivity index (χ0n) is 13.5. The third kappa shape index (κ3) is 2.56. The molecule has 120 valence electrons. The van der Waals surface area contributed by atoms with Crippen LogP contribution in [0.3, 0.4) is 0 Å². The molecule has 0 radical (unpaired) electrons. The molecule has 1 amide bonds. The van der Waals surface area contributed by atoms with Crippen molar-refractivity contribution in [1.82, 2.24) is 14.9 Å². The van der Waals surface area contributed by atoms with Gasteiger partial charge in [0.25, 0.3) is 5.91 Å². The van der Waals surface area contributed by atoms with Gasteiger partial charge < -0.3 is 14.9 Å². The largest absolute Gasteiger partial charge is 0.361 e. The lowest BCUT2D eigenvalue weighted by Gasteiger charge is -2.06. The summed E-state index contributed by atoms with van der Waals surface area (Å²) in [5.41, 5.74) is 4.19. The molecule has 0 fully saturated rings. The van der Waals surface area contributed by atoms with Gasteiger partial charge in [0.1, 0.15) is 0 Å². The number of H-pyrrole nitrogens is 1. The van der Waals surface area contributed by atoms with Gasteiger partial charge in [-0.15, -0.1) is 0 Å². The highest BCUT2D eigenvalue weighted by atomic mass is 16.1. The van der Waals surface area contributed by atoms with Crippen LogP contribution >= 0.6 is 0 Å². The molecule has 0 aliphatic carbocycles. The van der Waals surface area contributed by atoms with Crippen molar-refractivity contribution < 1.29 is 4.79 Å². The molecule has 0 aliphatic rings. The molecule has 2 N–H and O–H groups in total. The van der Waals surface area contributed by atoms with E-state index in [0.717, 1.165) is 22.8 Å². The fraction of sp³-hybridized carbons (Fsp3) is 0.150. The van der Waals surface area contributed by atoms with Crippen LogP contribution in [0.25, 0.3) is 21.8 Å². The Bertz CT molecular complexity index is 1030. The molecule has 24 heavy (non-hydrogen) atoms. The van der Waals surface area contributed by atoms with E-state index in [-0.39, 0.29) is 5.91 Å². The third-order valence-electron chi connectivity index (χ3n) is 4.50. The molecule has 4 heteroatoms. The number of hydrogen-bond acceptors (Lipinski definition) is 1. The van der Waals surface area contributed by atoms with Crippen molar-refractivity contribution in [2.24, 2.45) is 7.05 Å². The van der Waals surface area contributed by atoms with Crippen LogP contribution in [0.4, 0.5) is 0 Å². The second-order valence-corrected chi connectivity index (χ2v) is 6.07. The highest BCUT2D eigenvalue weighted by Gasteiger charge is 2.08. The maximum atomic E-state index is 12.4. The number of carbonyl (C=O) groups excluding carboxylic acids is 1.